The highest BCUT2D eigenvalue weighted by Gasteiger charge is 2.29. The predicted molar refractivity (Wildman–Crippen MR) is 93.9 cm³/mol. The van der Waals surface area contributed by atoms with Gasteiger partial charge < -0.3 is 9.64 Å². The van der Waals surface area contributed by atoms with E-state index in [1.807, 2.05) is 31.2 Å². The molecule has 0 N–H and O–H groups in total. The van der Waals surface area contributed by atoms with Crippen LogP contribution in [0.25, 0.3) is 11.4 Å². The molecule has 0 aliphatic carbocycles. The van der Waals surface area contributed by atoms with E-state index in [0.29, 0.717) is 25.5 Å². The van der Waals surface area contributed by atoms with Crippen LogP contribution in [0, 0.1) is 12.8 Å². The largest absolute Gasteiger partial charge is 0.466 e. The first-order valence-electron chi connectivity index (χ1n) is 8.86. The molecule has 1 aromatic heterocycles. The second-order valence-corrected chi connectivity index (χ2v) is 6.44. The lowest BCUT2D eigenvalue weighted by Gasteiger charge is -2.31. The first-order chi connectivity index (χ1) is 12.6. The van der Waals surface area contributed by atoms with Crippen molar-refractivity contribution in [2.45, 2.75) is 33.2 Å². The van der Waals surface area contributed by atoms with Gasteiger partial charge in [0.15, 0.2) is 0 Å². The molecule has 0 radical (unpaired) electrons. The highest BCUT2D eigenvalue weighted by Crippen LogP contribution is 2.18. The van der Waals surface area contributed by atoms with E-state index in [1.54, 1.807) is 11.8 Å². The third kappa shape index (κ3) is 4.25. The Morgan fingerprint density at radius 3 is 2.77 bits per heavy atom. The molecule has 1 saturated heterocycles. The van der Waals surface area contributed by atoms with E-state index in [-0.39, 0.29) is 24.3 Å². The normalized spacial score (nSPS) is 17.2. The van der Waals surface area contributed by atoms with Crippen molar-refractivity contribution in [1.82, 2.24) is 25.1 Å². The SMILES string of the molecule is CCOC(=O)[C@H]1CCCN(C(=O)Cn2nnc(-c3ccc(C)cc3)n2)C1. The van der Waals surface area contributed by atoms with Crippen LogP contribution in [-0.2, 0) is 20.9 Å². The Hall–Kier alpha value is -2.77. The summed E-state index contributed by atoms with van der Waals surface area (Å²) in [5.41, 5.74) is 2.01. The molecule has 1 aromatic carbocycles. The maximum Gasteiger partial charge on any atom is 0.310 e. The van der Waals surface area contributed by atoms with E-state index >= 15 is 0 Å². The van der Waals surface area contributed by atoms with E-state index in [2.05, 4.69) is 15.4 Å². The van der Waals surface area contributed by atoms with Crippen molar-refractivity contribution in [2.24, 2.45) is 5.92 Å². The molecule has 0 spiro atoms. The Morgan fingerprint density at radius 2 is 2.04 bits per heavy atom. The summed E-state index contributed by atoms with van der Waals surface area (Å²) in [4.78, 5) is 27.4. The smallest absolute Gasteiger partial charge is 0.310 e. The van der Waals surface area contributed by atoms with Crippen molar-refractivity contribution in [1.29, 1.82) is 0 Å². The topological polar surface area (TPSA) is 90.2 Å². The van der Waals surface area contributed by atoms with Gasteiger partial charge in [0, 0.05) is 18.7 Å². The quantitative estimate of drug-likeness (QED) is 0.753. The van der Waals surface area contributed by atoms with Gasteiger partial charge in [-0.05, 0) is 31.9 Å². The van der Waals surface area contributed by atoms with Crippen LogP contribution in [0.2, 0.25) is 0 Å². The molecule has 1 atom stereocenters. The molecule has 1 fully saturated rings. The molecule has 0 bridgehead atoms. The fourth-order valence-electron chi connectivity index (χ4n) is 3.01. The number of carbonyl (C=O) groups excluding carboxylic acids is 2. The zero-order chi connectivity index (χ0) is 18.5. The van der Waals surface area contributed by atoms with Crippen LogP contribution in [0.15, 0.2) is 24.3 Å². The lowest BCUT2D eigenvalue weighted by atomic mass is 9.98. The van der Waals surface area contributed by atoms with Crippen molar-refractivity contribution in [3.8, 4) is 11.4 Å². The van der Waals surface area contributed by atoms with Gasteiger partial charge in [0.1, 0.15) is 6.54 Å². The number of likely N-dealkylation sites (tertiary alicyclic amines) is 1. The Morgan fingerprint density at radius 1 is 1.27 bits per heavy atom. The second-order valence-electron chi connectivity index (χ2n) is 6.44. The summed E-state index contributed by atoms with van der Waals surface area (Å²) < 4.78 is 5.07. The van der Waals surface area contributed by atoms with Gasteiger partial charge in [-0.25, -0.2) is 0 Å². The summed E-state index contributed by atoms with van der Waals surface area (Å²) in [6, 6.07) is 7.80. The molecular weight excluding hydrogens is 334 g/mol. The van der Waals surface area contributed by atoms with Crippen LogP contribution in [-0.4, -0.2) is 56.7 Å². The Balaban J connectivity index is 1.61. The van der Waals surface area contributed by atoms with Gasteiger partial charge in [-0.1, -0.05) is 29.8 Å². The standard InChI is InChI=1S/C18H23N5O3/c1-3-26-18(25)15-5-4-10-22(11-15)16(24)12-23-20-17(19-21-23)14-8-6-13(2)7-9-14/h6-9,15H,3-5,10-12H2,1-2H3/t15-/m0/s1. The number of amides is 1. The molecule has 2 heterocycles. The highest BCUT2D eigenvalue weighted by atomic mass is 16.5. The molecule has 138 valence electrons. The number of benzene rings is 1. The van der Waals surface area contributed by atoms with E-state index in [0.717, 1.165) is 24.0 Å². The first kappa shape index (κ1) is 18.0. The minimum Gasteiger partial charge on any atom is -0.466 e. The van der Waals surface area contributed by atoms with Gasteiger partial charge in [0.05, 0.1) is 12.5 Å². The van der Waals surface area contributed by atoms with Crippen molar-refractivity contribution in [3.05, 3.63) is 29.8 Å². The molecule has 8 nitrogen and oxygen atoms in total. The third-order valence-electron chi connectivity index (χ3n) is 4.43. The van der Waals surface area contributed by atoms with Crippen LogP contribution in [0.1, 0.15) is 25.3 Å². The van der Waals surface area contributed by atoms with E-state index < -0.39 is 0 Å². The number of hydrogen-bond acceptors (Lipinski definition) is 6. The number of rotatable bonds is 5. The fraction of sp³-hybridized carbons (Fsp3) is 0.500. The molecule has 1 amide bonds. The Bertz CT molecular complexity index is 771. The third-order valence-corrected chi connectivity index (χ3v) is 4.43. The number of carbonyl (C=O) groups is 2. The first-order valence-corrected chi connectivity index (χ1v) is 8.86. The van der Waals surface area contributed by atoms with Gasteiger partial charge >= 0.3 is 5.97 Å². The molecule has 1 aliphatic rings. The Kier molecular flexibility index (Phi) is 5.60. The van der Waals surface area contributed by atoms with Crippen LogP contribution in [0.4, 0.5) is 0 Å². The minimum atomic E-state index is -0.250. The molecule has 26 heavy (non-hydrogen) atoms. The highest BCUT2D eigenvalue weighted by molar-refractivity contribution is 5.78. The lowest BCUT2D eigenvalue weighted by Crippen LogP contribution is -2.44. The Labute approximate surface area is 152 Å². The van der Waals surface area contributed by atoms with Gasteiger partial charge in [-0.2, -0.15) is 4.80 Å². The molecule has 0 saturated carbocycles. The second kappa shape index (κ2) is 8.07. The van der Waals surface area contributed by atoms with Crippen LogP contribution in [0.5, 0.6) is 0 Å². The molecule has 1 aliphatic heterocycles. The molecule has 8 heteroatoms. The summed E-state index contributed by atoms with van der Waals surface area (Å²) >= 11 is 0. The summed E-state index contributed by atoms with van der Waals surface area (Å²) in [7, 11) is 0. The number of aryl methyl sites for hydroxylation is 1. The number of hydrogen-bond donors (Lipinski definition) is 0. The summed E-state index contributed by atoms with van der Waals surface area (Å²) in [6.45, 7) is 5.17. The number of esters is 1. The summed E-state index contributed by atoms with van der Waals surface area (Å²) in [5.74, 6) is -0.113. The monoisotopic (exact) mass is 357 g/mol. The summed E-state index contributed by atoms with van der Waals surface area (Å²) in [5, 5.41) is 12.3. The maximum atomic E-state index is 12.5. The maximum absolute atomic E-state index is 12.5. The van der Waals surface area contributed by atoms with Gasteiger partial charge in [0.2, 0.25) is 11.7 Å². The van der Waals surface area contributed by atoms with E-state index in [1.165, 1.54) is 4.80 Å². The van der Waals surface area contributed by atoms with Crippen molar-refractivity contribution < 1.29 is 14.3 Å². The molecular formula is C18H23N5O3. The van der Waals surface area contributed by atoms with Crippen molar-refractivity contribution in [2.75, 3.05) is 19.7 Å². The van der Waals surface area contributed by atoms with E-state index in [4.69, 9.17) is 4.74 Å². The zero-order valence-corrected chi connectivity index (χ0v) is 15.1. The number of tetrazole rings is 1. The number of nitrogens with zero attached hydrogens (tertiary/aromatic N) is 5. The summed E-state index contributed by atoms with van der Waals surface area (Å²) in [6.07, 6.45) is 1.54. The van der Waals surface area contributed by atoms with Gasteiger partial charge in [0.25, 0.3) is 0 Å². The molecule has 0 unspecified atom stereocenters. The minimum absolute atomic E-state index is 0.00834. The molecule has 3 rings (SSSR count). The number of piperidine rings is 1. The van der Waals surface area contributed by atoms with Crippen molar-refractivity contribution in [3.63, 3.8) is 0 Å². The fourth-order valence-corrected chi connectivity index (χ4v) is 3.01. The van der Waals surface area contributed by atoms with Gasteiger partial charge in [-0.15, -0.1) is 10.2 Å². The van der Waals surface area contributed by atoms with Crippen LogP contribution < -0.4 is 0 Å². The van der Waals surface area contributed by atoms with Gasteiger partial charge in [-0.3, -0.25) is 9.59 Å². The number of aromatic nitrogens is 4. The average Bonchev–Trinajstić information content (AvgIpc) is 3.11. The molecule has 2 aromatic rings. The predicted octanol–water partition coefficient (Wildman–Crippen LogP) is 1.45. The van der Waals surface area contributed by atoms with Crippen molar-refractivity contribution >= 4 is 11.9 Å². The number of ether oxygens (including phenoxy) is 1. The van der Waals surface area contributed by atoms with Crippen LogP contribution in [0.3, 0.4) is 0 Å². The van der Waals surface area contributed by atoms with E-state index in [9.17, 15) is 9.59 Å². The average molecular weight is 357 g/mol. The zero-order valence-electron chi connectivity index (χ0n) is 15.1. The van der Waals surface area contributed by atoms with Crippen LogP contribution >= 0.6 is 0 Å². The lowest BCUT2D eigenvalue weighted by molar-refractivity contribution is -0.151.